The number of carbonyl (C=O) groups excluding carboxylic acids is 1. The molecule has 7 nitrogen and oxygen atoms in total. The summed E-state index contributed by atoms with van der Waals surface area (Å²) in [6.45, 7) is 1.20. The molecule has 1 aliphatic rings. The van der Waals surface area contributed by atoms with Crippen molar-refractivity contribution in [3.8, 4) is 0 Å². The first-order valence-electron chi connectivity index (χ1n) is 8.03. The van der Waals surface area contributed by atoms with E-state index in [0.717, 1.165) is 6.42 Å². The van der Waals surface area contributed by atoms with Crippen LogP contribution in [0.4, 0.5) is 5.69 Å². The lowest BCUT2D eigenvalue weighted by Gasteiger charge is -2.17. The number of rotatable bonds is 3. The minimum atomic E-state index is -0.449. The van der Waals surface area contributed by atoms with E-state index in [0.29, 0.717) is 29.9 Å². The molecule has 1 atom stereocenters. The Morgan fingerprint density at radius 3 is 2.84 bits per heavy atom. The molecule has 1 aliphatic heterocycles. The van der Waals surface area contributed by atoms with E-state index in [1.165, 1.54) is 0 Å². The maximum Gasteiger partial charge on any atom is 0.261 e. The maximum atomic E-state index is 12.8. The fourth-order valence-corrected chi connectivity index (χ4v) is 3.00. The average Bonchev–Trinajstić information content (AvgIpc) is 3.17. The van der Waals surface area contributed by atoms with E-state index in [1.54, 1.807) is 49.1 Å². The zero-order valence-corrected chi connectivity index (χ0v) is 13.4. The lowest BCUT2D eigenvalue weighted by Crippen LogP contribution is -2.25. The van der Waals surface area contributed by atoms with E-state index in [4.69, 9.17) is 4.74 Å². The first-order chi connectivity index (χ1) is 12.2. The number of amides is 1. The van der Waals surface area contributed by atoms with E-state index in [-0.39, 0.29) is 17.0 Å². The molecule has 3 aromatic heterocycles. The molecule has 1 saturated heterocycles. The number of hydrogen-bond donors (Lipinski definition) is 1. The summed E-state index contributed by atoms with van der Waals surface area (Å²) in [4.78, 5) is 33.7. The monoisotopic (exact) mass is 336 g/mol. The molecule has 4 heterocycles. The fraction of sp³-hybridized carbons (Fsp3) is 0.222. The second kappa shape index (κ2) is 6.45. The highest BCUT2D eigenvalue weighted by atomic mass is 16.5. The zero-order valence-electron chi connectivity index (χ0n) is 13.4. The largest absolute Gasteiger partial charge is 0.379 e. The molecule has 4 rings (SSSR count). The van der Waals surface area contributed by atoms with Crippen molar-refractivity contribution in [3.63, 3.8) is 0 Å². The highest BCUT2D eigenvalue weighted by Gasteiger charge is 2.23. The molecule has 126 valence electrons. The molecule has 3 aromatic rings. The van der Waals surface area contributed by atoms with Crippen molar-refractivity contribution >= 4 is 22.6 Å². The first kappa shape index (κ1) is 15.5. The van der Waals surface area contributed by atoms with Crippen LogP contribution in [-0.2, 0) is 4.74 Å². The second-order valence-corrected chi connectivity index (χ2v) is 5.86. The predicted molar refractivity (Wildman–Crippen MR) is 92.7 cm³/mol. The number of nitrogens with one attached hydrogen (secondary N) is 1. The summed E-state index contributed by atoms with van der Waals surface area (Å²) in [5.74, 6) is -0.449. The lowest BCUT2D eigenvalue weighted by atomic mass is 10.1. The SMILES string of the molecule is O=C(Nc1ccncc1)c1cn([C@@H]2CCOC2)c2ncccc2c1=O. The van der Waals surface area contributed by atoms with Crippen LogP contribution >= 0.6 is 0 Å². The van der Waals surface area contributed by atoms with Crippen LogP contribution in [-0.4, -0.2) is 33.7 Å². The topological polar surface area (TPSA) is 86.1 Å². The van der Waals surface area contributed by atoms with Gasteiger partial charge < -0.3 is 14.6 Å². The van der Waals surface area contributed by atoms with Crippen LogP contribution < -0.4 is 10.7 Å². The molecular weight excluding hydrogens is 320 g/mol. The second-order valence-electron chi connectivity index (χ2n) is 5.86. The van der Waals surface area contributed by atoms with Crippen LogP contribution in [0.15, 0.2) is 53.8 Å². The number of nitrogens with zero attached hydrogens (tertiary/aromatic N) is 3. The number of anilines is 1. The van der Waals surface area contributed by atoms with Crippen molar-refractivity contribution < 1.29 is 9.53 Å². The molecule has 0 saturated carbocycles. The number of fused-ring (bicyclic) bond motifs is 1. The van der Waals surface area contributed by atoms with Gasteiger partial charge in [0.05, 0.1) is 18.0 Å². The fourth-order valence-electron chi connectivity index (χ4n) is 3.00. The molecule has 0 aliphatic carbocycles. The number of carbonyl (C=O) groups is 1. The smallest absolute Gasteiger partial charge is 0.261 e. The summed E-state index contributed by atoms with van der Waals surface area (Å²) in [5, 5.41) is 3.17. The Labute approximate surface area is 143 Å². The van der Waals surface area contributed by atoms with Gasteiger partial charge in [-0.3, -0.25) is 14.6 Å². The van der Waals surface area contributed by atoms with Crippen LogP contribution in [0.25, 0.3) is 11.0 Å². The number of hydrogen-bond acceptors (Lipinski definition) is 5. The Morgan fingerprint density at radius 2 is 2.08 bits per heavy atom. The van der Waals surface area contributed by atoms with Gasteiger partial charge in [0.1, 0.15) is 11.2 Å². The van der Waals surface area contributed by atoms with E-state index in [9.17, 15) is 9.59 Å². The normalized spacial score (nSPS) is 16.9. The van der Waals surface area contributed by atoms with Gasteiger partial charge in [-0.15, -0.1) is 0 Å². The van der Waals surface area contributed by atoms with Crippen molar-refractivity contribution in [1.82, 2.24) is 14.5 Å². The van der Waals surface area contributed by atoms with Crippen molar-refractivity contribution in [2.45, 2.75) is 12.5 Å². The molecular formula is C18H16N4O3. The number of aromatic nitrogens is 3. The quantitative estimate of drug-likeness (QED) is 0.791. The van der Waals surface area contributed by atoms with Crippen molar-refractivity contribution in [2.75, 3.05) is 18.5 Å². The van der Waals surface area contributed by atoms with Gasteiger partial charge in [0.15, 0.2) is 0 Å². The summed E-state index contributed by atoms with van der Waals surface area (Å²) in [6.07, 6.45) is 7.21. The minimum Gasteiger partial charge on any atom is -0.379 e. The van der Waals surface area contributed by atoms with Gasteiger partial charge in [0.25, 0.3) is 5.91 Å². The lowest BCUT2D eigenvalue weighted by molar-refractivity contribution is 0.102. The third-order valence-corrected chi connectivity index (χ3v) is 4.27. The van der Waals surface area contributed by atoms with Crippen LogP contribution in [0.5, 0.6) is 0 Å². The summed E-state index contributed by atoms with van der Waals surface area (Å²) in [6, 6.07) is 6.79. The van der Waals surface area contributed by atoms with E-state index in [1.807, 2.05) is 4.57 Å². The average molecular weight is 336 g/mol. The molecule has 0 spiro atoms. The maximum absolute atomic E-state index is 12.8. The highest BCUT2D eigenvalue weighted by molar-refractivity contribution is 6.05. The Hall–Kier alpha value is -3.06. The van der Waals surface area contributed by atoms with Crippen LogP contribution in [0, 0.1) is 0 Å². The van der Waals surface area contributed by atoms with Crippen LogP contribution in [0.1, 0.15) is 22.8 Å². The van der Waals surface area contributed by atoms with E-state index in [2.05, 4.69) is 15.3 Å². The Kier molecular flexibility index (Phi) is 3.99. The van der Waals surface area contributed by atoms with E-state index < -0.39 is 5.91 Å². The zero-order chi connectivity index (χ0) is 17.2. The van der Waals surface area contributed by atoms with Crippen molar-refractivity contribution in [1.29, 1.82) is 0 Å². The van der Waals surface area contributed by atoms with Crippen LogP contribution in [0.2, 0.25) is 0 Å². The molecule has 7 heteroatoms. The summed E-state index contributed by atoms with van der Waals surface area (Å²) >= 11 is 0. The summed E-state index contributed by atoms with van der Waals surface area (Å²) < 4.78 is 7.33. The summed E-state index contributed by atoms with van der Waals surface area (Å²) in [5.41, 5.74) is 0.916. The predicted octanol–water partition coefficient (Wildman–Crippen LogP) is 2.01. The highest BCUT2D eigenvalue weighted by Crippen LogP contribution is 2.23. The van der Waals surface area contributed by atoms with Gasteiger partial charge in [-0.05, 0) is 30.7 Å². The van der Waals surface area contributed by atoms with Gasteiger partial charge in [-0.2, -0.15) is 0 Å². The van der Waals surface area contributed by atoms with Gasteiger partial charge >= 0.3 is 0 Å². The van der Waals surface area contributed by atoms with Gasteiger partial charge in [0.2, 0.25) is 5.43 Å². The molecule has 25 heavy (non-hydrogen) atoms. The standard InChI is InChI=1S/C18H16N4O3/c23-16-14-2-1-6-20-17(14)22(13-5-9-25-11-13)10-15(16)18(24)21-12-3-7-19-8-4-12/h1-4,6-8,10,13H,5,9,11H2,(H,19,21,24)/t13-/m1/s1. The first-order valence-corrected chi connectivity index (χ1v) is 8.03. The van der Waals surface area contributed by atoms with Crippen LogP contribution in [0.3, 0.4) is 0 Å². The van der Waals surface area contributed by atoms with E-state index >= 15 is 0 Å². The molecule has 1 amide bonds. The van der Waals surface area contributed by atoms with Gasteiger partial charge in [-0.25, -0.2) is 4.98 Å². The van der Waals surface area contributed by atoms with Gasteiger partial charge in [-0.1, -0.05) is 0 Å². The Morgan fingerprint density at radius 1 is 1.24 bits per heavy atom. The summed E-state index contributed by atoms with van der Waals surface area (Å²) in [7, 11) is 0. The Balaban J connectivity index is 1.82. The van der Waals surface area contributed by atoms with Crippen molar-refractivity contribution in [2.24, 2.45) is 0 Å². The Bertz CT molecular complexity index is 979. The molecule has 0 radical (unpaired) electrons. The molecule has 0 unspecified atom stereocenters. The number of ether oxygens (including phenoxy) is 1. The molecule has 0 bridgehead atoms. The molecule has 1 N–H and O–H groups in total. The van der Waals surface area contributed by atoms with Crippen molar-refractivity contribution in [3.05, 3.63) is 64.8 Å². The number of pyridine rings is 3. The molecule has 1 fully saturated rings. The molecule has 0 aromatic carbocycles. The third kappa shape index (κ3) is 2.89. The minimum absolute atomic E-state index is 0.0606. The van der Waals surface area contributed by atoms with Gasteiger partial charge in [0, 0.05) is 37.1 Å². The third-order valence-electron chi connectivity index (χ3n) is 4.27.